The standard InChI is InChI=1S/C12H14O4/c1-7(12(13)14)8-6-16-10-5-3-4-9(15-2)11(8)10/h3-5,7-8H,6H2,1-2H3,(H,13,14). The lowest BCUT2D eigenvalue weighted by atomic mass is 9.88. The topological polar surface area (TPSA) is 55.8 Å². The maximum Gasteiger partial charge on any atom is 0.306 e. The van der Waals surface area contributed by atoms with Gasteiger partial charge in [-0.05, 0) is 12.1 Å². The van der Waals surface area contributed by atoms with E-state index < -0.39 is 11.9 Å². The second-order valence-corrected chi connectivity index (χ2v) is 3.92. The molecule has 16 heavy (non-hydrogen) atoms. The first kappa shape index (κ1) is 10.8. The molecule has 1 aliphatic rings. The summed E-state index contributed by atoms with van der Waals surface area (Å²) in [6.45, 7) is 2.10. The van der Waals surface area contributed by atoms with Gasteiger partial charge >= 0.3 is 5.97 Å². The van der Waals surface area contributed by atoms with E-state index in [1.54, 1.807) is 14.0 Å². The third kappa shape index (κ3) is 1.60. The fourth-order valence-corrected chi connectivity index (χ4v) is 2.02. The third-order valence-electron chi connectivity index (χ3n) is 3.03. The van der Waals surface area contributed by atoms with E-state index in [9.17, 15) is 4.79 Å². The van der Waals surface area contributed by atoms with Crippen molar-refractivity contribution < 1.29 is 19.4 Å². The predicted octanol–water partition coefficient (Wildman–Crippen LogP) is 1.89. The van der Waals surface area contributed by atoms with Crippen LogP contribution in [-0.4, -0.2) is 24.8 Å². The third-order valence-corrected chi connectivity index (χ3v) is 3.03. The van der Waals surface area contributed by atoms with Crippen molar-refractivity contribution in [3.8, 4) is 11.5 Å². The molecule has 1 aromatic carbocycles. The molecule has 86 valence electrons. The van der Waals surface area contributed by atoms with Crippen LogP contribution in [0.15, 0.2) is 18.2 Å². The van der Waals surface area contributed by atoms with Gasteiger partial charge in [0.05, 0.1) is 19.6 Å². The minimum atomic E-state index is -0.813. The Labute approximate surface area is 93.8 Å². The Morgan fingerprint density at radius 2 is 2.38 bits per heavy atom. The molecule has 2 rings (SSSR count). The largest absolute Gasteiger partial charge is 0.496 e. The summed E-state index contributed by atoms with van der Waals surface area (Å²) in [5.74, 6) is 0.0131. The van der Waals surface area contributed by atoms with E-state index in [1.807, 2.05) is 18.2 Å². The summed E-state index contributed by atoms with van der Waals surface area (Å²) in [5, 5.41) is 9.04. The van der Waals surface area contributed by atoms with Crippen molar-refractivity contribution in [2.45, 2.75) is 12.8 Å². The quantitative estimate of drug-likeness (QED) is 0.848. The summed E-state index contributed by atoms with van der Waals surface area (Å²) >= 11 is 0. The van der Waals surface area contributed by atoms with E-state index >= 15 is 0 Å². The lowest BCUT2D eigenvalue weighted by molar-refractivity contribution is -0.142. The van der Waals surface area contributed by atoms with Crippen LogP contribution >= 0.6 is 0 Å². The summed E-state index contributed by atoms with van der Waals surface area (Å²) in [6, 6.07) is 5.51. The van der Waals surface area contributed by atoms with Crippen LogP contribution in [0.1, 0.15) is 18.4 Å². The molecule has 0 aliphatic carbocycles. The first-order chi connectivity index (χ1) is 7.65. The zero-order chi connectivity index (χ0) is 11.7. The fraction of sp³-hybridized carbons (Fsp3) is 0.417. The summed E-state index contributed by atoms with van der Waals surface area (Å²) in [4.78, 5) is 11.0. The molecule has 1 heterocycles. The van der Waals surface area contributed by atoms with Gasteiger partial charge in [0.25, 0.3) is 0 Å². The highest BCUT2D eigenvalue weighted by Gasteiger charge is 2.35. The van der Waals surface area contributed by atoms with E-state index in [0.717, 1.165) is 11.3 Å². The minimum absolute atomic E-state index is 0.136. The van der Waals surface area contributed by atoms with Gasteiger partial charge in [-0.15, -0.1) is 0 Å². The Balaban J connectivity index is 2.41. The molecule has 2 atom stereocenters. The van der Waals surface area contributed by atoms with Gasteiger partial charge in [0.2, 0.25) is 0 Å². The molecule has 1 aliphatic heterocycles. The number of carbonyl (C=O) groups is 1. The average molecular weight is 222 g/mol. The lowest BCUT2D eigenvalue weighted by Crippen LogP contribution is -2.20. The number of ether oxygens (including phenoxy) is 2. The molecule has 0 bridgehead atoms. The number of fused-ring (bicyclic) bond motifs is 1. The van der Waals surface area contributed by atoms with Crippen LogP contribution in [-0.2, 0) is 4.79 Å². The predicted molar refractivity (Wildman–Crippen MR) is 58.0 cm³/mol. The Morgan fingerprint density at radius 3 is 3.00 bits per heavy atom. The first-order valence-corrected chi connectivity index (χ1v) is 5.17. The highest BCUT2D eigenvalue weighted by atomic mass is 16.5. The van der Waals surface area contributed by atoms with Crippen LogP contribution in [0.5, 0.6) is 11.5 Å². The SMILES string of the molecule is COc1cccc2c1C(C(C)C(=O)O)CO2. The van der Waals surface area contributed by atoms with Gasteiger partial charge in [-0.25, -0.2) is 0 Å². The number of aliphatic carboxylic acids is 1. The number of rotatable bonds is 3. The molecule has 0 fully saturated rings. The van der Waals surface area contributed by atoms with E-state index in [2.05, 4.69) is 0 Å². The van der Waals surface area contributed by atoms with Crippen molar-refractivity contribution in [3.63, 3.8) is 0 Å². The van der Waals surface area contributed by atoms with Crippen molar-refractivity contribution in [2.75, 3.05) is 13.7 Å². The number of carboxylic acids is 1. The monoisotopic (exact) mass is 222 g/mol. The second-order valence-electron chi connectivity index (χ2n) is 3.92. The van der Waals surface area contributed by atoms with Crippen molar-refractivity contribution in [1.82, 2.24) is 0 Å². The normalized spacial score (nSPS) is 19.8. The molecule has 0 amide bonds. The maximum atomic E-state index is 11.0. The molecule has 0 radical (unpaired) electrons. The van der Waals surface area contributed by atoms with Crippen LogP contribution in [0.2, 0.25) is 0 Å². The molecule has 1 N–H and O–H groups in total. The van der Waals surface area contributed by atoms with E-state index in [-0.39, 0.29) is 5.92 Å². The molecule has 4 nitrogen and oxygen atoms in total. The molecule has 0 saturated carbocycles. The lowest BCUT2D eigenvalue weighted by Gasteiger charge is -2.15. The molecule has 0 aromatic heterocycles. The van der Waals surface area contributed by atoms with Gasteiger partial charge in [-0.2, -0.15) is 0 Å². The summed E-state index contributed by atoms with van der Waals surface area (Å²) < 4.78 is 10.7. The number of hydrogen-bond acceptors (Lipinski definition) is 3. The molecule has 1 aromatic rings. The highest BCUT2D eigenvalue weighted by molar-refractivity contribution is 5.72. The van der Waals surface area contributed by atoms with Gasteiger partial charge in [0.1, 0.15) is 11.5 Å². The van der Waals surface area contributed by atoms with E-state index in [4.69, 9.17) is 14.6 Å². The Hall–Kier alpha value is -1.71. The fourth-order valence-electron chi connectivity index (χ4n) is 2.02. The molecule has 2 unspecified atom stereocenters. The van der Waals surface area contributed by atoms with E-state index in [1.165, 1.54) is 0 Å². The van der Waals surface area contributed by atoms with Gasteiger partial charge in [0.15, 0.2) is 0 Å². The second kappa shape index (κ2) is 4.04. The number of hydrogen-bond donors (Lipinski definition) is 1. The van der Waals surface area contributed by atoms with Gasteiger partial charge in [-0.3, -0.25) is 4.79 Å². The molecular weight excluding hydrogens is 208 g/mol. The van der Waals surface area contributed by atoms with Gasteiger partial charge in [0, 0.05) is 11.5 Å². The minimum Gasteiger partial charge on any atom is -0.496 e. The van der Waals surface area contributed by atoms with Gasteiger partial charge in [-0.1, -0.05) is 13.0 Å². The maximum absolute atomic E-state index is 11.0. The number of benzene rings is 1. The average Bonchev–Trinajstić information content (AvgIpc) is 2.71. The van der Waals surface area contributed by atoms with Crippen molar-refractivity contribution in [1.29, 1.82) is 0 Å². The Kier molecular flexibility index (Phi) is 2.73. The summed E-state index contributed by atoms with van der Waals surface area (Å²) in [5.41, 5.74) is 0.875. The molecule has 4 heteroatoms. The Bertz CT molecular complexity index is 413. The Morgan fingerprint density at radius 1 is 1.62 bits per heavy atom. The van der Waals surface area contributed by atoms with Crippen LogP contribution in [0, 0.1) is 5.92 Å². The van der Waals surface area contributed by atoms with Gasteiger partial charge < -0.3 is 14.6 Å². The van der Waals surface area contributed by atoms with Crippen molar-refractivity contribution in [2.24, 2.45) is 5.92 Å². The van der Waals surface area contributed by atoms with E-state index in [0.29, 0.717) is 12.4 Å². The van der Waals surface area contributed by atoms with Crippen LogP contribution in [0.4, 0.5) is 0 Å². The van der Waals surface area contributed by atoms with Crippen molar-refractivity contribution >= 4 is 5.97 Å². The molecule has 0 spiro atoms. The molecule has 0 saturated heterocycles. The first-order valence-electron chi connectivity index (χ1n) is 5.17. The summed E-state index contributed by atoms with van der Waals surface area (Å²) in [6.07, 6.45) is 0. The zero-order valence-corrected chi connectivity index (χ0v) is 9.27. The molecular formula is C12H14O4. The van der Waals surface area contributed by atoms with Crippen LogP contribution in [0.3, 0.4) is 0 Å². The zero-order valence-electron chi connectivity index (χ0n) is 9.27. The number of carboxylic acid groups (broad SMARTS) is 1. The number of methoxy groups -OCH3 is 1. The highest BCUT2D eigenvalue weighted by Crippen LogP contribution is 2.43. The van der Waals surface area contributed by atoms with Crippen LogP contribution < -0.4 is 9.47 Å². The van der Waals surface area contributed by atoms with Crippen LogP contribution in [0.25, 0.3) is 0 Å². The smallest absolute Gasteiger partial charge is 0.306 e. The summed E-state index contributed by atoms with van der Waals surface area (Å²) in [7, 11) is 1.58. The van der Waals surface area contributed by atoms with Crippen molar-refractivity contribution in [3.05, 3.63) is 23.8 Å².